The van der Waals surface area contributed by atoms with E-state index in [1.54, 1.807) is 0 Å². The van der Waals surface area contributed by atoms with Crippen LogP contribution in [0.2, 0.25) is 0 Å². The summed E-state index contributed by atoms with van der Waals surface area (Å²) in [6.45, 7) is -0.0560. The van der Waals surface area contributed by atoms with Gasteiger partial charge in [-0.2, -0.15) is 0 Å². The third-order valence-electron chi connectivity index (χ3n) is 1.64. The predicted molar refractivity (Wildman–Crippen MR) is 45.1 cm³/mol. The molecule has 1 aliphatic rings. The molecule has 0 amide bonds. The molecule has 0 fully saturated rings. The third kappa shape index (κ3) is 2.34. The van der Waals surface area contributed by atoms with Crippen LogP contribution in [0.25, 0.3) is 0 Å². The fraction of sp³-hybridized carbons (Fsp3) is 0.333. The molecule has 0 aromatic rings. The largest absolute Gasteiger partial charge is 0.381 e. The highest BCUT2D eigenvalue weighted by Gasteiger charge is 2.17. The molecule has 0 radical (unpaired) electrons. The number of hydrogen-bond acceptors (Lipinski definition) is 4. The number of carbonyl (C=O) groups is 2. The average molecular weight is 182 g/mol. The molecule has 1 atom stereocenters. The zero-order chi connectivity index (χ0) is 9.84. The van der Waals surface area contributed by atoms with Gasteiger partial charge in [-0.1, -0.05) is 6.08 Å². The molecule has 1 N–H and O–H groups in total. The van der Waals surface area contributed by atoms with E-state index in [9.17, 15) is 9.59 Å². The molecule has 0 saturated heterocycles. The van der Waals surface area contributed by atoms with Crippen molar-refractivity contribution in [2.45, 2.75) is 6.10 Å². The summed E-state index contributed by atoms with van der Waals surface area (Å²) in [5.74, 6) is -0.735. The van der Waals surface area contributed by atoms with Gasteiger partial charge >= 0.3 is 0 Å². The fourth-order valence-corrected chi connectivity index (χ4v) is 0.964. The lowest BCUT2D eigenvalue weighted by Gasteiger charge is -2.08. The second kappa shape index (κ2) is 4.11. The number of aliphatic hydroxyl groups excluding tert-OH is 1. The summed E-state index contributed by atoms with van der Waals surface area (Å²) in [5.41, 5.74) is 0.275. The molecule has 70 valence electrons. The Morgan fingerprint density at radius 3 is 2.92 bits per heavy atom. The molecule has 0 heterocycles. The second-order valence-corrected chi connectivity index (χ2v) is 2.66. The molecule has 0 aromatic heterocycles. The van der Waals surface area contributed by atoms with Crippen molar-refractivity contribution in [1.82, 2.24) is 0 Å². The van der Waals surface area contributed by atoms with E-state index in [2.05, 4.69) is 4.74 Å². The van der Waals surface area contributed by atoms with Crippen LogP contribution in [0.3, 0.4) is 0 Å². The van der Waals surface area contributed by atoms with E-state index in [-0.39, 0.29) is 18.0 Å². The molecule has 1 aliphatic carbocycles. The van der Waals surface area contributed by atoms with Crippen molar-refractivity contribution in [3.8, 4) is 0 Å². The first kappa shape index (κ1) is 9.83. The number of ether oxygens (including phenoxy) is 1. The van der Waals surface area contributed by atoms with Crippen molar-refractivity contribution in [2.75, 3.05) is 13.7 Å². The first-order chi connectivity index (χ1) is 6.15. The van der Waals surface area contributed by atoms with Crippen molar-refractivity contribution in [2.24, 2.45) is 0 Å². The highest BCUT2D eigenvalue weighted by molar-refractivity contribution is 6.08. The lowest BCUT2D eigenvalue weighted by molar-refractivity contribution is -0.122. The van der Waals surface area contributed by atoms with Crippen molar-refractivity contribution < 1.29 is 19.4 Å². The first-order valence-electron chi connectivity index (χ1n) is 3.79. The number of methoxy groups -OCH3 is 1. The molecule has 4 nitrogen and oxygen atoms in total. The summed E-state index contributed by atoms with van der Waals surface area (Å²) in [4.78, 5) is 22.1. The van der Waals surface area contributed by atoms with E-state index in [1.165, 1.54) is 19.3 Å². The number of carbonyl (C=O) groups excluding carboxylic acids is 2. The van der Waals surface area contributed by atoms with E-state index >= 15 is 0 Å². The minimum absolute atomic E-state index is 0.0560. The van der Waals surface area contributed by atoms with Crippen molar-refractivity contribution in [3.05, 3.63) is 23.8 Å². The van der Waals surface area contributed by atoms with E-state index in [4.69, 9.17) is 5.11 Å². The average Bonchev–Trinajstić information content (AvgIpc) is 2.10. The molecule has 1 unspecified atom stereocenters. The fourth-order valence-electron chi connectivity index (χ4n) is 0.964. The number of hydrogen-bond donors (Lipinski definition) is 1. The predicted octanol–water partition coefficient (Wildman–Crippen LogP) is -0.372. The van der Waals surface area contributed by atoms with Gasteiger partial charge in [0.2, 0.25) is 0 Å². The van der Waals surface area contributed by atoms with Crippen LogP contribution in [-0.4, -0.2) is 36.5 Å². The molecule has 0 aromatic carbocycles. The molecular weight excluding hydrogens is 172 g/mol. The van der Waals surface area contributed by atoms with Gasteiger partial charge in [0.15, 0.2) is 11.6 Å². The van der Waals surface area contributed by atoms with Gasteiger partial charge in [-0.15, -0.1) is 0 Å². The van der Waals surface area contributed by atoms with Gasteiger partial charge in [-0.3, -0.25) is 9.59 Å². The molecule has 0 saturated carbocycles. The van der Waals surface area contributed by atoms with Crippen LogP contribution in [-0.2, 0) is 14.3 Å². The SMILES string of the molecule is COCC(=O)C1=CC(=O)C(O)C=C1. The zero-order valence-corrected chi connectivity index (χ0v) is 7.19. The van der Waals surface area contributed by atoms with Crippen molar-refractivity contribution >= 4 is 11.6 Å². The standard InChI is InChI=1S/C9H10O4/c1-13-5-9(12)6-2-3-7(10)8(11)4-6/h2-4,7,10H,5H2,1H3. The number of aliphatic hydroxyl groups is 1. The summed E-state index contributed by atoms with van der Waals surface area (Å²) in [7, 11) is 1.40. The van der Waals surface area contributed by atoms with Crippen LogP contribution in [0, 0.1) is 0 Å². The number of allylic oxidation sites excluding steroid dienone is 1. The Balaban J connectivity index is 2.73. The highest BCUT2D eigenvalue weighted by Crippen LogP contribution is 2.08. The maximum absolute atomic E-state index is 11.2. The molecule has 13 heavy (non-hydrogen) atoms. The quantitative estimate of drug-likeness (QED) is 0.646. The normalized spacial score (nSPS) is 21.5. The minimum Gasteiger partial charge on any atom is -0.381 e. The minimum atomic E-state index is -1.11. The lowest BCUT2D eigenvalue weighted by Crippen LogP contribution is -2.21. The monoisotopic (exact) mass is 182 g/mol. The van der Waals surface area contributed by atoms with E-state index in [0.717, 1.165) is 6.08 Å². The summed E-state index contributed by atoms with van der Waals surface area (Å²) in [6, 6.07) is 0. The maximum Gasteiger partial charge on any atom is 0.188 e. The number of rotatable bonds is 3. The summed E-state index contributed by atoms with van der Waals surface area (Å²) in [5, 5.41) is 8.98. The van der Waals surface area contributed by atoms with Crippen LogP contribution >= 0.6 is 0 Å². The molecule has 1 rings (SSSR count). The van der Waals surface area contributed by atoms with E-state index < -0.39 is 11.9 Å². The van der Waals surface area contributed by atoms with Crippen LogP contribution in [0.15, 0.2) is 23.8 Å². The molecule has 0 aliphatic heterocycles. The molecule has 4 heteroatoms. The van der Waals surface area contributed by atoms with Crippen molar-refractivity contribution in [3.63, 3.8) is 0 Å². The van der Waals surface area contributed by atoms with Gasteiger partial charge in [-0.05, 0) is 12.2 Å². The third-order valence-corrected chi connectivity index (χ3v) is 1.64. The van der Waals surface area contributed by atoms with Gasteiger partial charge in [0.1, 0.15) is 12.7 Å². The topological polar surface area (TPSA) is 63.6 Å². The smallest absolute Gasteiger partial charge is 0.188 e. The Kier molecular flexibility index (Phi) is 3.11. The highest BCUT2D eigenvalue weighted by atomic mass is 16.5. The Bertz CT molecular complexity index is 288. The summed E-state index contributed by atoms with van der Waals surface area (Å²) >= 11 is 0. The van der Waals surface area contributed by atoms with Crippen LogP contribution in [0.4, 0.5) is 0 Å². The second-order valence-electron chi connectivity index (χ2n) is 2.66. The van der Waals surface area contributed by atoms with Gasteiger partial charge in [-0.25, -0.2) is 0 Å². The Morgan fingerprint density at radius 1 is 1.69 bits per heavy atom. The van der Waals surface area contributed by atoms with E-state index in [1.807, 2.05) is 0 Å². The zero-order valence-electron chi connectivity index (χ0n) is 7.19. The maximum atomic E-state index is 11.2. The summed E-state index contributed by atoms with van der Waals surface area (Å²) < 4.78 is 4.62. The molecular formula is C9H10O4. The lowest BCUT2D eigenvalue weighted by atomic mass is 10.0. The number of ketones is 2. The first-order valence-corrected chi connectivity index (χ1v) is 3.79. The Morgan fingerprint density at radius 2 is 2.38 bits per heavy atom. The van der Waals surface area contributed by atoms with E-state index in [0.29, 0.717) is 0 Å². The summed E-state index contributed by atoms with van der Waals surface area (Å²) in [6.07, 6.45) is 2.73. The van der Waals surface area contributed by atoms with Gasteiger partial charge in [0, 0.05) is 12.7 Å². The molecule has 0 spiro atoms. The Labute approximate surface area is 75.5 Å². The number of Topliss-reactive ketones (excluding diaryl/α,β-unsaturated/α-hetero) is 1. The van der Waals surface area contributed by atoms with Crippen LogP contribution < -0.4 is 0 Å². The van der Waals surface area contributed by atoms with Gasteiger partial charge < -0.3 is 9.84 Å². The van der Waals surface area contributed by atoms with Crippen LogP contribution in [0.1, 0.15) is 0 Å². The van der Waals surface area contributed by atoms with Crippen molar-refractivity contribution in [1.29, 1.82) is 0 Å². The van der Waals surface area contributed by atoms with Gasteiger partial charge in [0.05, 0.1) is 0 Å². The Hall–Kier alpha value is -1.26. The van der Waals surface area contributed by atoms with Crippen LogP contribution in [0.5, 0.6) is 0 Å². The van der Waals surface area contributed by atoms with Gasteiger partial charge in [0.25, 0.3) is 0 Å². The molecule has 0 bridgehead atoms.